The number of H-pyrrole nitrogens is 2. The first-order chi connectivity index (χ1) is 36.3. The highest BCUT2D eigenvalue weighted by molar-refractivity contribution is 7.48. The lowest BCUT2D eigenvalue weighted by Crippen LogP contribution is -2.49. The molecule has 4 aromatic heterocycles. The molecule has 2 fully saturated rings. The highest BCUT2D eigenvalue weighted by atomic mass is 31.2. The summed E-state index contributed by atoms with van der Waals surface area (Å²) >= 11 is 0. The first kappa shape index (κ1) is 58.5. The number of phosphoric acid groups is 1. The van der Waals surface area contributed by atoms with Gasteiger partial charge < -0.3 is 33.9 Å². The fraction of sp³-hybridized carbons (Fsp3) is 0.556. The Balaban J connectivity index is 1.26. The van der Waals surface area contributed by atoms with Gasteiger partial charge in [-0.2, -0.15) is 9.97 Å². The molecule has 10 atom stereocenters. The van der Waals surface area contributed by atoms with E-state index >= 15 is 4.57 Å². The van der Waals surface area contributed by atoms with Crippen LogP contribution in [0.3, 0.4) is 0 Å². The van der Waals surface area contributed by atoms with Crippen LogP contribution in [-0.2, 0) is 62.1 Å². The summed E-state index contributed by atoms with van der Waals surface area (Å²) in [5.41, 5.74) is -1.52. The number of amides is 3. The molecule has 0 aliphatic carbocycles. The molecular formula is C45H61N12O17P2Si+. The Morgan fingerprint density at radius 2 is 1.44 bits per heavy atom. The van der Waals surface area contributed by atoms with Gasteiger partial charge in [0, 0.05) is 16.4 Å². The van der Waals surface area contributed by atoms with Gasteiger partial charge in [0.25, 0.3) is 11.1 Å². The normalized spacial score (nSPS) is 22.8. The summed E-state index contributed by atoms with van der Waals surface area (Å²) in [4.78, 5) is 101. The van der Waals surface area contributed by atoms with Crippen molar-refractivity contribution in [2.24, 2.45) is 11.8 Å². The third-order valence-electron chi connectivity index (χ3n) is 12.8. The van der Waals surface area contributed by atoms with Crippen LogP contribution in [0.15, 0.2) is 52.6 Å². The van der Waals surface area contributed by atoms with Gasteiger partial charge in [0.2, 0.25) is 30.3 Å². The van der Waals surface area contributed by atoms with Crippen LogP contribution >= 0.6 is 16.1 Å². The van der Waals surface area contributed by atoms with E-state index in [1.165, 1.54) is 15.5 Å². The number of aliphatic hydroxyl groups is 1. The van der Waals surface area contributed by atoms with Gasteiger partial charge in [0.1, 0.15) is 43.7 Å². The van der Waals surface area contributed by atoms with Gasteiger partial charge in [-0.1, -0.05) is 78.8 Å². The molecule has 3 amide bonds. The van der Waals surface area contributed by atoms with Gasteiger partial charge in [0.05, 0.1) is 25.9 Å². The number of aliphatic hydroxyl groups excluding tert-OH is 1. The van der Waals surface area contributed by atoms with Gasteiger partial charge in [-0.3, -0.25) is 62.5 Å². The Kier molecular flexibility index (Phi) is 18.4. The van der Waals surface area contributed by atoms with E-state index < -0.39 is 139 Å². The number of nitrogens with one attached hydrogen (secondary N) is 5. The smallest absolute Gasteiger partial charge is 0.445 e. The molecule has 0 spiro atoms. The van der Waals surface area contributed by atoms with Crippen molar-refractivity contribution in [2.75, 3.05) is 37.0 Å². The van der Waals surface area contributed by atoms with E-state index in [-0.39, 0.29) is 47.4 Å². The molecular weight excluding hydrogens is 1070 g/mol. The van der Waals surface area contributed by atoms with Crippen LogP contribution in [-0.4, -0.2) is 138 Å². The molecule has 7 N–H and O–H groups in total. The number of hydrogen-bond acceptors (Lipinski definition) is 20. The lowest BCUT2D eigenvalue weighted by atomic mass is 10.1. The van der Waals surface area contributed by atoms with Gasteiger partial charge in [0.15, 0.2) is 49.2 Å². The van der Waals surface area contributed by atoms with Crippen molar-refractivity contribution >= 4 is 76.5 Å². The number of aromatic nitrogens is 8. The van der Waals surface area contributed by atoms with Crippen molar-refractivity contribution in [3.8, 4) is 0 Å². The standard InChI is InChI=1S/C45H60N12O17P2Si/c1-23(2)36(59)52-42-50-34-29(38(61)54-42)47-21-56(34)40-28(49-44(63)67-19-25-14-12-11-13-15-25)31(72-75(64)65)27(71-40)20-69-76(66,68-17-16-46-8)73-32-26(18-58)70-41(33(32)74-77(9,10)45(5,6)7)57-22-48-30-35(57)51-43(55-39(30)62)53-37(60)24(3)4/h11-15,21-24,26-28,31-33,40-41,58H,16-20H2,1-7,9-10H3,(H5-,49,50,51,52,53,54,55,59,60,61,62,63,64,65)/p+1/t26-,27?,28-,31-,32-,33-,40?,41?,76?/m1/s1. The van der Waals surface area contributed by atoms with E-state index in [4.69, 9.17) is 43.3 Å². The van der Waals surface area contributed by atoms with Crippen LogP contribution in [0.2, 0.25) is 18.1 Å². The summed E-state index contributed by atoms with van der Waals surface area (Å²) in [6.07, 6.45) is -9.10. The van der Waals surface area contributed by atoms with E-state index in [2.05, 4.69) is 50.7 Å². The molecule has 416 valence electrons. The van der Waals surface area contributed by atoms with Crippen molar-refractivity contribution in [3.05, 3.63) is 80.7 Å². The van der Waals surface area contributed by atoms with Crippen molar-refractivity contribution < 1.29 is 70.2 Å². The van der Waals surface area contributed by atoms with Crippen molar-refractivity contribution in [1.29, 1.82) is 0 Å². The van der Waals surface area contributed by atoms with Gasteiger partial charge in [-0.25, -0.2) is 25.9 Å². The zero-order valence-corrected chi connectivity index (χ0v) is 46.2. The van der Waals surface area contributed by atoms with Crippen LogP contribution in [0.1, 0.15) is 66.5 Å². The number of imidazole rings is 2. The van der Waals surface area contributed by atoms with E-state index in [9.17, 15) is 38.5 Å². The largest absolute Gasteiger partial charge is 0.695 e. The van der Waals surface area contributed by atoms with Crippen LogP contribution < -0.4 is 27.1 Å². The molecule has 5 unspecified atom stereocenters. The number of ether oxygens (including phenoxy) is 3. The second kappa shape index (κ2) is 24.2. The Labute approximate surface area is 441 Å². The molecule has 0 radical (unpaired) electrons. The van der Waals surface area contributed by atoms with Gasteiger partial charge in [-0.15, -0.1) is 9.42 Å². The molecule has 5 aromatic rings. The maximum Gasteiger partial charge on any atom is 0.695 e. The minimum Gasteiger partial charge on any atom is -0.445 e. The molecule has 32 heteroatoms. The zero-order valence-electron chi connectivity index (χ0n) is 43.4. The average Bonchev–Trinajstić information content (AvgIpc) is 4.14. The second-order valence-corrected chi connectivity index (χ2v) is 27.1. The highest BCUT2D eigenvalue weighted by Gasteiger charge is 2.56. The minimum atomic E-state index is -5.09. The second-order valence-electron chi connectivity index (χ2n) is 20.0. The van der Waals surface area contributed by atoms with Crippen LogP contribution in [0.4, 0.5) is 16.7 Å². The molecule has 77 heavy (non-hydrogen) atoms. The van der Waals surface area contributed by atoms with Crippen molar-refractivity contribution in [2.45, 2.75) is 122 Å². The molecule has 0 bridgehead atoms. The van der Waals surface area contributed by atoms with E-state index in [1.54, 1.807) is 58.0 Å². The number of nitrogens with zero attached hydrogens (tertiary/aromatic N) is 7. The number of hydrogen-bond donors (Lipinski definition) is 7. The third kappa shape index (κ3) is 13.6. The molecule has 0 saturated carbocycles. The number of carbonyl (C=O) groups excluding carboxylic acids is 3. The average molecular weight is 1130 g/mol. The lowest BCUT2D eigenvalue weighted by molar-refractivity contribution is -0.119. The predicted octanol–water partition coefficient (Wildman–Crippen LogP) is 4.39. The molecule has 2 aliphatic rings. The van der Waals surface area contributed by atoms with E-state index in [1.807, 2.05) is 33.9 Å². The fourth-order valence-corrected chi connectivity index (χ4v) is 10.9. The molecule has 6 heterocycles. The fourth-order valence-electron chi connectivity index (χ4n) is 7.72. The quantitative estimate of drug-likeness (QED) is 0.0218. The number of carbonyl (C=O) groups is 3. The number of benzene rings is 1. The Morgan fingerprint density at radius 3 is 1.96 bits per heavy atom. The summed E-state index contributed by atoms with van der Waals surface area (Å²) in [6.45, 7) is 20.8. The number of anilines is 2. The van der Waals surface area contributed by atoms with Crippen LogP contribution in [0.25, 0.3) is 27.2 Å². The molecule has 1 aromatic carbocycles. The van der Waals surface area contributed by atoms with Crippen molar-refractivity contribution in [1.82, 2.24) is 44.4 Å². The Bertz CT molecular complexity index is 3180. The van der Waals surface area contributed by atoms with Crippen LogP contribution in [0, 0.1) is 18.4 Å². The topological polar surface area (TPSA) is 367 Å². The van der Waals surface area contributed by atoms with E-state index in [0.29, 0.717) is 5.56 Å². The minimum absolute atomic E-state index is 0.0676. The Morgan fingerprint density at radius 1 is 0.883 bits per heavy atom. The molecule has 7 rings (SSSR count). The third-order valence-corrected chi connectivity index (χ3v) is 19.2. The SMILES string of the molecule is [C-]#[N+]CCOP(=O)(OCC1OC(n2cnc3c(=O)[nH]c(NC(=O)C(C)C)nc32)[C@H](NC(=O)OCc2ccccc2)[C@@H]1O[P+](=O)O)O[C@@H]1[C@@H](CO)OC(n2cnc3c(=O)[nH]c(NC(=O)C(C)C)nc32)[C@@H]1O[Si](C)(C)C(C)(C)C. The van der Waals surface area contributed by atoms with Gasteiger partial charge >= 0.3 is 22.2 Å². The Hall–Kier alpha value is -6.19. The van der Waals surface area contributed by atoms with E-state index in [0.717, 1.165) is 6.33 Å². The maximum atomic E-state index is 15.3. The molecule has 29 nitrogen and oxygen atoms in total. The maximum absolute atomic E-state index is 15.3. The summed E-state index contributed by atoms with van der Waals surface area (Å²) in [6, 6.07) is 7.11. The summed E-state index contributed by atoms with van der Waals surface area (Å²) in [7, 11) is -11.5. The number of phosphoric ester groups is 1. The highest BCUT2D eigenvalue weighted by Crippen LogP contribution is 2.55. The summed E-state index contributed by atoms with van der Waals surface area (Å²) < 4.78 is 79.3. The first-order valence-corrected chi connectivity index (χ1v) is 29.7. The number of rotatable bonds is 22. The molecule has 2 aliphatic heterocycles. The number of aromatic amines is 2. The van der Waals surface area contributed by atoms with Crippen molar-refractivity contribution in [3.63, 3.8) is 0 Å². The zero-order chi connectivity index (χ0) is 56.1. The van der Waals surface area contributed by atoms with Gasteiger partial charge in [-0.05, 0) is 23.7 Å². The summed E-state index contributed by atoms with van der Waals surface area (Å²) in [5, 5.41) is 18.1. The summed E-state index contributed by atoms with van der Waals surface area (Å²) in [5.74, 6) is -2.40. The number of fused-ring (bicyclic) bond motifs is 2. The lowest BCUT2D eigenvalue weighted by Gasteiger charge is -2.40. The predicted molar refractivity (Wildman–Crippen MR) is 274 cm³/mol. The molecule has 2 saturated heterocycles. The monoisotopic (exact) mass is 1130 g/mol. The number of alkyl carbamates (subject to hydrolysis) is 1. The van der Waals surface area contributed by atoms with Crippen LogP contribution in [0.5, 0.6) is 0 Å². The first-order valence-electron chi connectivity index (χ1n) is 24.2.